The van der Waals surface area contributed by atoms with Gasteiger partial charge < -0.3 is 4.74 Å². The topological polar surface area (TPSA) is 9.23 Å². The molecule has 0 bridgehead atoms. The average Bonchev–Trinajstić information content (AvgIpc) is 3.11. The van der Waals surface area contributed by atoms with E-state index in [1.54, 1.807) is 0 Å². The number of benzene rings is 1. The van der Waals surface area contributed by atoms with Gasteiger partial charge in [0.2, 0.25) is 0 Å². The van der Waals surface area contributed by atoms with Gasteiger partial charge >= 0.3 is 0 Å². The molecule has 3 rings (SSSR count). The van der Waals surface area contributed by atoms with Crippen LogP contribution in [0.25, 0.3) is 0 Å². The Labute approximate surface area is 97.8 Å². The summed E-state index contributed by atoms with van der Waals surface area (Å²) < 4.78 is 5.76. The maximum atomic E-state index is 5.76. The van der Waals surface area contributed by atoms with E-state index in [0.29, 0.717) is 5.92 Å². The summed E-state index contributed by atoms with van der Waals surface area (Å²) in [5.74, 6) is 3.40. The third-order valence-corrected chi connectivity index (χ3v) is 3.97. The van der Waals surface area contributed by atoms with Crippen LogP contribution < -0.4 is 4.74 Å². The van der Waals surface area contributed by atoms with E-state index in [1.807, 2.05) is 0 Å². The van der Waals surface area contributed by atoms with Gasteiger partial charge in [0.1, 0.15) is 5.75 Å². The van der Waals surface area contributed by atoms with Gasteiger partial charge in [-0.25, -0.2) is 0 Å². The van der Waals surface area contributed by atoms with Crippen LogP contribution in [0.2, 0.25) is 0 Å². The quantitative estimate of drug-likeness (QED) is 0.723. The van der Waals surface area contributed by atoms with E-state index in [2.05, 4.69) is 32.0 Å². The highest BCUT2D eigenvalue weighted by Gasteiger charge is 2.28. The molecule has 1 nitrogen and oxygen atoms in total. The molecule has 2 aliphatic rings. The molecule has 0 radical (unpaired) electrons. The summed E-state index contributed by atoms with van der Waals surface area (Å²) in [6.45, 7) is 5.53. The largest absolute Gasteiger partial charge is 0.493 e. The van der Waals surface area contributed by atoms with Crippen molar-refractivity contribution in [3.8, 4) is 5.75 Å². The van der Waals surface area contributed by atoms with E-state index in [9.17, 15) is 0 Å². The van der Waals surface area contributed by atoms with Crippen molar-refractivity contribution in [3.05, 3.63) is 29.3 Å². The summed E-state index contributed by atoms with van der Waals surface area (Å²) in [6, 6.07) is 6.87. The van der Waals surface area contributed by atoms with Crippen molar-refractivity contribution in [2.45, 2.75) is 44.9 Å². The Balaban J connectivity index is 1.99. The molecule has 1 aromatic carbocycles. The fourth-order valence-electron chi connectivity index (χ4n) is 2.80. The van der Waals surface area contributed by atoms with Crippen LogP contribution in [-0.2, 0) is 0 Å². The van der Waals surface area contributed by atoms with Crippen LogP contribution in [0.4, 0.5) is 0 Å². The average molecular weight is 216 g/mol. The predicted molar refractivity (Wildman–Crippen MR) is 66.1 cm³/mol. The standard InChI is InChI=1S/C15H20O/c1-10(2)13-7-8-16-15-6-5-12(9-14(13)15)11-3-4-11/h5-6,9-11,13H,3-4,7-8H2,1-2H3. The summed E-state index contributed by atoms with van der Waals surface area (Å²) in [7, 11) is 0. The van der Waals surface area contributed by atoms with Crippen molar-refractivity contribution >= 4 is 0 Å². The van der Waals surface area contributed by atoms with Crippen LogP contribution in [0.5, 0.6) is 5.75 Å². The van der Waals surface area contributed by atoms with E-state index in [0.717, 1.165) is 24.2 Å². The van der Waals surface area contributed by atoms with Crippen molar-refractivity contribution in [2.24, 2.45) is 5.92 Å². The van der Waals surface area contributed by atoms with Gasteiger partial charge in [0, 0.05) is 0 Å². The van der Waals surface area contributed by atoms with Gasteiger partial charge in [-0.1, -0.05) is 26.0 Å². The zero-order chi connectivity index (χ0) is 11.1. The van der Waals surface area contributed by atoms with Gasteiger partial charge in [0.05, 0.1) is 6.61 Å². The normalized spacial score (nSPS) is 24.1. The van der Waals surface area contributed by atoms with E-state index in [-0.39, 0.29) is 0 Å². The third-order valence-electron chi connectivity index (χ3n) is 3.97. The van der Waals surface area contributed by atoms with Crippen LogP contribution in [0.1, 0.15) is 56.1 Å². The lowest BCUT2D eigenvalue weighted by Gasteiger charge is -2.29. The van der Waals surface area contributed by atoms with Gasteiger partial charge in [-0.05, 0) is 54.2 Å². The molecule has 86 valence electrons. The van der Waals surface area contributed by atoms with Gasteiger partial charge in [-0.2, -0.15) is 0 Å². The number of hydrogen-bond donors (Lipinski definition) is 0. The van der Waals surface area contributed by atoms with Gasteiger partial charge in [-0.3, -0.25) is 0 Å². The third kappa shape index (κ3) is 1.73. The summed E-state index contributed by atoms with van der Waals surface area (Å²) in [6.07, 6.45) is 3.94. The first-order valence-electron chi connectivity index (χ1n) is 6.52. The molecule has 1 atom stereocenters. The Bertz CT molecular complexity index is 390. The summed E-state index contributed by atoms with van der Waals surface area (Å²) >= 11 is 0. The maximum absolute atomic E-state index is 5.76. The van der Waals surface area contributed by atoms with E-state index in [4.69, 9.17) is 4.74 Å². The fourth-order valence-corrected chi connectivity index (χ4v) is 2.80. The van der Waals surface area contributed by atoms with Crippen molar-refractivity contribution < 1.29 is 4.74 Å². The molecule has 0 N–H and O–H groups in total. The summed E-state index contributed by atoms with van der Waals surface area (Å²) in [5.41, 5.74) is 3.00. The second kappa shape index (κ2) is 3.80. The lowest BCUT2D eigenvalue weighted by Crippen LogP contribution is -2.18. The molecule has 1 unspecified atom stereocenters. The first-order chi connectivity index (χ1) is 7.75. The lowest BCUT2D eigenvalue weighted by molar-refractivity contribution is 0.247. The first kappa shape index (κ1) is 10.2. The molecular weight excluding hydrogens is 196 g/mol. The molecule has 1 saturated carbocycles. The highest BCUT2D eigenvalue weighted by Crippen LogP contribution is 2.44. The second-order valence-corrected chi connectivity index (χ2v) is 5.56. The number of rotatable bonds is 2. The molecular formula is C15H20O. The Hall–Kier alpha value is -0.980. The van der Waals surface area contributed by atoms with Crippen molar-refractivity contribution in [1.29, 1.82) is 0 Å². The predicted octanol–water partition coefficient (Wildman–Crippen LogP) is 4.09. The van der Waals surface area contributed by atoms with Crippen molar-refractivity contribution in [3.63, 3.8) is 0 Å². The highest BCUT2D eigenvalue weighted by molar-refractivity contribution is 5.43. The van der Waals surface area contributed by atoms with Crippen molar-refractivity contribution in [2.75, 3.05) is 6.61 Å². The van der Waals surface area contributed by atoms with E-state index >= 15 is 0 Å². The minimum absolute atomic E-state index is 0.697. The van der Waals surface area contributed by atoms with Crippen LogP contribution in [-0.4, -0.2) is 6.61 Å². The van der Waals surface area contributed by atoms with E-state index in [1.165, 1.54) is 30.4 Å². The van der Waals surface area contributed by atoms with E-state index < -0.39 is 0 Å². The van der Waals surface area contributed by atoms with Crippen LogP contribution in [0.15, 0.2) is 18.2 Å². The van der Waals surface area contributed by atoms with Crippen LogP contribution >= 0.6 is 0 Å². The SMILES string of the molecule is CC(C)C1CCOc2ccc(C3CC3)cc21. The summed E-state index contributed by atoms with van der Waals surface area (Å²) in [4.78, 5) is 0. The van der Waals surface area contributed by atoms with Gasteiger partial charge in [0.25, 0.3) is 0 Å². The molecule has 1 aliphatic heterocycles. The molecule has 0 saturated heterocycles. The minimum atomic E-state index is 0.697. The highest BCUT2D eigenvalue weighted by atomic mass is 16.5. The smallest absolute Gasteiger partial charge is 0.122 e. The Morgan fingerprint density at radius 3 is 2.69 bits per heavy atom. The Morgan fingerprint density at radius 1 is 1.19 bits per heavy atom. The van der Waals surface area contributed by atoms with Crippen LogP contribution in [0.3, 0.4) is 0 Å². The lowest BCUT2D eigenvalue weighted by atomic mass is 9.83. The first-order valence-corrected chi connectivity index (χ1v) is 6.52. The zero-order valence-corrected chi connectivity index (χ0v) is 10.2. The molecule has 0 aromatic heterocycles. The number of hydrogen-bond acceptors (Lipinski definition) is 1. The van der Waals surface area contributed by atoms with Gasteiger partial charge in [-0.15, -0.1) is 0 Å². The Kier molecular flexibility index (Phi) is 2.42. The van der Waals surface area contributed by atoms with Gasteiger partial charge in [0.15, 0.2) is 0 Å². The molecule has 1 heteroatoms. The molecule has 0 spiro atoms. The Morgan fingerprint density at radius 2 is 2.00 bits per heavy atom. The minimum Gasteiger partial charge on any atom is -0.493 e. The maximum Gasteiger partial charge on any atom is 0.122 e. The molecule has 16 heavy (non-hydrogen) atoms. The zero-order valence-electron chi connectivity index (χ0n) is 10.2. The van der Waals surface area contributed by atoms with Crippen LogP contribution in [0, 0.1) is 5.92 Å². The molecule has 1 heterocycles. The summed E-state index contributed by atoms with van der Waals surface area (Å²) in [5, 5.41) is 0. The molecule has 1 aliphatic carbocycles. The molecule has 1 fully saturated rings. The molecule has 0 amide bonds. The number of ether oxygens (including phenoxy) is 1. The molecule has 1 aromatic rings. The number of fused-ring (bicyclic) bond motifs is 1. The second-order valence-electron chi connectivity index (χ2n) is 5.56. The monoisotopic (exact) mass is 216 g/mol. The van der Waals surface area contributed by atoms with Crippen molar-refractivity contribution in [1.82, 2.24) is 0 Å². The fraction of sp³-hybridized carbons (Fsp3) is 0.600.